The van der Waals surface area contributed by atoms with Crippen LogP contribution < -0.4 is 11.3 Å². The van der Waals surface area contributed by atoms with Crippen LogP contribution in [0, 0.1) is 0 Å². The average molecular weight is 378 g/mol. The molecule has 20 heavy (non-hydrogen) atoms. The second-order valence-corrected chi connectivity index (χ2v) is 7.15. The Hall–Kier alpha value is -0.400. The van der Waals surface area contributed by atoms with Crippen molar-refractivity contribution in [3.05, 3.63) is 37.2 Å². The molecule has 0 saturated carbocycles. The van der Waals surface area contributed by atoms with Crippen molar-refractivity contribution in [2.45, 2.75) is 39.3 Å². The fraction of sp³-hybridized carbons (Fsp3) is 0.462. The van der Waals surface area contributed by atoms with Crippen molar-refractivity contribution < 1.29 is 0 Å². The van der Waals surface area contributed by atoms with E-state index in [1.807, 2.05) is 4.68 Å². The molecule has 7 heteroatoms. The molecule has 1 unspecified atom stereocenters. The molecular formula is C13H18BrClN4S. The summed E-state index contributed by atoms with van der Waals surface area (Å²) < 4.78 is 3.06. The third kappa shape index (κ3) is 3.26. The van der Waals surface area contributed by atoms with Crippen LogP contribution in [0.2, 0.25) is 5.02 Å². The van der Waals surface area contributed by atoms with Crippen LogP contribution in [0.1, 0.15) is 36.8 Å². The molecule has 0 amide bonds. The van der Waals surface area contributed by atoms with Crippen LogP contribution >= 0.6 is 38.9 Å². The molecule has 2 heterocycles. The maximum Gasteiger partial charge on any atom is 0.0850 e. The Balaban J connectivity index is 2.29. The standard InChI is InChI=1S/C13H18BrClN4S/c1-3-9-13(15)11(19(4-2)18-9)6-10(17-16)8-5-12(14)20-7-8/h5,7,10,17H,3-4,6,16H2,1-2H3. The molecule has 0 saturated heterocycles. The van der Waals surface area contributed by atoms with Gasteiger partial charge in [0.1, 0.15) is 0 Å². The van der Waals surface area contributed by atoms with Crippen LogP contribution in [0.15, 0.2) is 15.2 Å². The quantitative estimate of drug-likeness (QED) is 0.596. The Bertz CT molecular complexity index is 581. The van der Waals surface area contributed by atoms with E-state index in [0.717, 1.165) is 45.1 Å². The Morgan fingerprint density at radius 3 is 2.80 bits per heavy atom. The number of nitrogens with one attached hydrogen (secondary N) is 1. The Labute approximate surface area is 136 Å². The van der Waals surface area contributed by atoms with E-state index in [1.165, 1.54) is 0 Å². The highest BCUT2D eigenvalue weighted by atomic mass is 79.9. The van der Waals surface area contributed by atoms with Crippen molar-refractivity contribution in [2.75, 3.05) is 0 Å². The zero-order valence-corrected chi connectivity index (χ0v) is 14.6. The van der Waals surface area contributed by atoms with Crippen LogP contribution in [0.3, 0.4) is 0 Å². The molecule has 0 radical (unpaired) electrons. The maximum atomic E-state index is 6.44. The van der Waals surface area contributed by atoms with E-state index < -0.39 is 0 Å². The van der Waals surface area contributed by atoms with Gasteiger partial charge in [0.25, 0.3) is 0 Å². The number of nitrogens with two attached hydrogens (primary N) is 1. The Morgan fingerprint density at radius 1 is 1.55 bits per heavy atom. The van der Waals surface area contributed by atoms with Crippen LogP contribution in [0.4, 0.5) is 0 Å². The van der Waals surface area contributed by atoms with E-state index in [4.69, 9.17) is 17.4 Å². The topological polar surface area (TPSA) is 55.9 Å². The molecule has 4 nitrogen and oxygen atoms in total. The van der Waals surface area contributed by atoms with Crippen molar-refractivity contribution in [2.24, 2.45) is 5.84 Å². The van der Waals surface area contributed by atoms with Crippen molar-refractivity contribution >= 4 is 38.9 Å². The summed E-state index contributed by atoms with van der Waals surface area (Å²) in [5, 5.41) is 7.40. The second kappa shape index (κ2) is 7.04. The highest BCUT2D eigenvalue weighted by molar-refractivity contribution is 9.11. The van der Waals surface area contributed by atoms with E-state index in [-0.39, 0.29) is 6.04 Å². The van der Waals surface area contributed by atoms with Gasteiger partial charge in [-0.05, 0) is 46.3 Å². The first-order valence-corrected chi connectivity index (χ1v) is 8.59. The van der Waals surface area contributed by atoms with Gasteiger partial charge in [-0.2, -0.15) is 5.10 Å². The number of thiophene rings is 1. The minimum absolute atomic E-state index is 0.0294. The third-order valence-electron chi connectivity index (χ3n) is 3.28. The normalized spacial score (nSPS) is 12.8. The van der Waals surface area contributed by atoms with E-state index in [9.17, 15) is 0 Å². The first kappa shape index (κ1) is 16.0. The fourth-order valence-electron chi connectivity index (χ4n) is 2.18. The summed E-state index contributed by atoms with van der Waals surface area (Å²) in [7, 11) is 0. The number of rotatable bonds is 6. The van der Waals surface area contributed by atoms with Gasteiger partial charge in [-0.25, -0.2) is 0 Å². The lowest BCUT2D eigenvalue weighted by atomic mass is 10.1. The predicted octanol–water partition coefficient (Wildman–Crippen LogP) is 3.69. The molecule has 0 bridgehead atoms. The van der Waals surface area contributed by atoms with Gasteiger partial charge in [0, 0.05) is 13.0 Å². The molecule has 2 aromatic heterocycles. The zero-order chi connectivity index (χ0) is 14.7. The number of hydrogen-bond acceptors (Lipinski definition) is 4. The maximum absolute atomic E-state index is 6.44. The van der Waals surface area contributed by atoms with Crippen LogP contribution in [0.25, 0.3) is 0 Å². The summed E-state index contributed by atoms with van der Waals surface area (Å²) in [4.78, 5) is 0. The molecule has 0 spiro atoms. The van der Waals surface area contributed by atoms with Crippen molar-refractivity contribution in [3.63, 3.8) is 0 Å². The van der Waals surface area contributed by atoms with Crippen molar-refractivity contribution in [1.82, 2.24) is 15.2 Å². The molecule has 110 valence electrons. The number of halogens is 2. The lowest BCUT2D eigenvalue weighted by Gasteiger charge is -2.15. The molecule has 1 atom stereocenters. The molecule has 0 aromatic carbocycles. The van der Waals surface area contributed by atoms with Gasteiger partial charge < -0.3 is 0 Å². The third-order valence-corrected chi connectivity index (χ3v) is 5.24. The minimum Gasteiger partial charge on any atom is -0.271 e. The molecule has 3 N–H and O–H groups in total. The largest absolute Gasteiger partial charge is 0.271 e. The lowest BCUT2D eigenvalue weighted by molar-refractivity contribution is 0.517. The van der Waals surface area contributed by atoms with Crippen LogP contribution in [-0.2, 0) is 19.4 Å². The van der Waals surface area contributed by atoms with E-state index in [1.54, 1.807) is 11.3 Å². The van der Waals surface area contributed by atoms with Gasteiger partial charge in [0.15, 0.2) is 0 Å². The molecule has 2 rings (SSSR count). The molecule has 0 aliphatic carbocycles. The predicted molar refractivity (Wildman–Crippen MR) is 88.1 cm³/mol. The summed E-state index contributed by atoms with van der Waals surface area (Å²) in [6, 6.07) is 2.11. The first-order chi connectivity index (χ1) is 9.60. The Kier molecular flexibility index (Phi) is 5.63. The lowest BCUT2D eigenvalue weighted by Crippen LogP contribution is -2.30. The number of aryl methyl sites for hydroxylation is 2. The number of aromatic nitrogens is 2. The second-order valence-electron chi connectivity index (χ2n) is 4.48. The van der Waals surface area contributed by atoms with Gasteiger partial charge in [-0.1, -0.05) is 18.5 Å². The molecular weight excluding hydrogens is 360 g/mol. The van der Waals surface area contributed by atoms with Crippen LogP contribution in [-0.4, -0.2) is 9.78 Å². The number of nitrogens with zero attached hydrogens (tertiary/aromatic N) is 2. The molecule has 0 aliphatic rings. The summed E-state index contributed by atoms with van der Waals surface area (Å²) >= 11 is 11.6. The van der Waals surface area contributed by atoms with E-state index in [0.29, 0.717) is 0 Å². The minimum atomic E-state index is 0.0294. The fourth-order valence-corrected chi connectivity index (χ4v) is 3.76. The number of hydrazine groups is 1. The summed E-state index contributed by atoms with van der Waals surface area (Å²) in [5.41, 5.74) is 6.02. The van der Waals surface area contributed by atoms with Crippen molar-refractivity contribution in [3.8, 4) is 0 Å². The van der Waals surface area contributed by atoms with Gasteiger partial charge >= 0.3 is 0 Å². The van der Waals surface area contributed by atoms with Crippen LogP contribution in [0.5, 0.6) is 0 Å². The van der Waals surface area contributed by atoms with Gasteiger partial charge in [-0.3, -0.25) is 16.0 Å². The van der Waals surface area contributed by atoms with Gasteiger partial charge in [0.05, 0.1) is 26.2 Å². The highest BCUT2D eigenvalue weighted by Crippen LogP contribution is 2.30. The van der Waals surface area contributed by atoms with Gasteiger partial charge in [-0.15, -0.1) is 11.3 Å². The zero-order valence-electron chi connectivity index (χ0n) is 11.5. The average Bonchev–Trinajstić information content (AvgIpc) is 3.00. The van der Waals surface area contributed by atoms with E-state index in [2.05, 4.69) is 51.7 Å². The molecule has 2 aromatic rings. The van der Waals surface area contributed by atoms with Gasteiger partial charge in [0.2, 0.25) is 0 Å². The summed E-state index contributed by atoms with van der Waals surface area (Å²) in [6.45, 7) is 4.94. The van der Waals surface area contributed by atoms with E-state index >= 15 is 0 Å². The van der Waals surface area contributed by atoms with Crippen molar-refractivity contribution in [1.29, 1.82) is 0 Å². The molecule has 0 fully saturated rings. The molecule has 0 aliphatic heterocycles. The Morgan fingerprint density at radius 2 is 2.30 bits per heavy atom. The summed E-state index contributed by atoms with van der Waals surface area (Å²) in [6.07, 6.45) is 1.56. The smallest absolute Gasteiger partial charge is 0.0850 e. The monoisotopic (exact) mass is 376 g/mol. The highest BCUT2D eigenvalue weighted by Gasteiger charge is 2.20. The summed E-state index contributed by atoms with van der Waals surface area (Å²) in [5.74, 6) is 5.71. The first-order valence-electron chi connectivity index (χ1n) is 6.54. The SMILES string of the molecule is CCc1nn(CC)c(CC(NN)c2csc(Br)c2)c1Cl. The number of hydrogen-bond donors (Lipinski definition) is 2.